The van der Waals surface area contributed by atoms with E-state index in [4.69, 9.17) is 0 Å². The second kappa shape index (κ2) is 8.96. The highest BCUT2D eigenvalue weighted by Gasteiger charge is 2.20. The van der Waals surface area contributed by atoms with E-state index in [1.165, 1.54) is 11.4 Å². The van der Waals surface area contributed by atoms with Crippen molar-refractivity contribution < 1.29 is 13.2 Å². The van der Waals surface area contributed by atoms with Gasteiger partial charge in [0.15, 0.2) is 0 Å². The van der Waals surface area contributed by atoms with Crippen LogP contribution in [-0.4, -0.2) is 32.2 Å². The lowest BCUT2D eigenvalue weighted by atomic mass is 10.0. The van der Waals surface area contributed by atoms with Crippen molar-refractivity contribution in [3.63, 3.8) is 0 Å². The lowest BCUT2D eigenvalue weighted by Gasteiger charge is -2.17. The summed E-state index contributed by atoms with van der Waals surface area (Å²) in [6, 6.07) is 16.0. The van der Waals surface area contributed by atoms with Gasteiger partial charge in [0.25, 0.3) is 0 Å². The molecule has 140 valence electrons. The van der Waals surface area contributed by atoms with E-state index in [-0.39, 0.29) is 23.8 Å². The van der Waals surface area contributed by atoms with Crippen LogP contribution in [0.25, 0.3) is 0 Å². The molecule has 26 heavy (non-hydrogen) atoms. The molecular weight excluding hydrogens is 348 g/mol. The Balaban J connectivity index is 1.89. The van der Waals surface area contributed by atoms with Gasteiger partial charge >= 0.3 is 0 Å². The predicted octanol–water partition coefficient (Wildman–Crippen LogP) is 3.85. The Morgan fingerprint density at radius 2 is 1.65 bits per heavy atom. The molecule has 0 spiro atoms. The fraction of sp³-hybridized carbons (Fsp3) is 0.350. The number of carbonyl (C=O) groups is 1. The Morgan fingerprint density at radius 3 is 2.31 bits per heavy atom. The number of para-hydroxylation sites is 1. The highest BCUT2D eigenvalue weighted by atomic mass is 32.2. The summed E-state index contributed by atoms with van der Waals surface area (Å²) < 4.78 is 26.2. The Labute approximate surface area is 156 Å². The molecule has 0 saturated carbocycles. The number of sulfonamides is 1. The second-order valence-electron chi connectivity index (χ2n) is 6.53. The molecule has 2 aromatic carbocycles. The van der Waals surface area contributed by atoms with E-state index in [0.29, 0.717) is 12.3 Å². The summed E-state index contributed by atoms with van der Waals surface area (Å²) in [5, 5.41) is 2.93. The Kier molecular flexibility index (Phi) is 6.94. The standard InChI is InChI=1S/C20H26N2O3S/c1-16(2)18-12-7-8-13-19(18)21-20(23)14-9-15-22(3)26(24,25)17-10-5-4-6-11-17/h4-8,10-13,16H,9,14-15H2,1-3H3,(H,21,23). The van der Waals surface area contributed by atoms with Gasteiger partial charge in [0.2, 0.25) is 15.9 Å². The van der Waals surface area contributed by atoms with Crippen LogP contribution in [0.3, 0.4) is 0 Å². The fourth-order valence-electron chi connectivity index (χ4n) is 2.68. The lowest BCUT2D eigenvalue weighted by Crippen LogP contribution is -2.28. The number of amides is 1. The monoisotopic (exact) mass is 374 g/mol. The number of hydrogen-bond donors (Lipinski definition) is 1. The van der Waals surface area contributed by atoms with E-state index < -0.39 is 10.0 Å². The SMILES string of the molecule is CC(C)c1ccccc1NC(=O)CCCN(C)S(=O)(=O)c1ccccc1. The Hall–Kier alpha value is -2.18. The molecule has 0 aliphatic carbocycles. The zero-order chi connectivity index (χ0) is 19.2. The third-order valence-electron chi connectivity index (χ3n) is 4.19. The molecule has 0 aliphatic rings. The van der Waals surface area contributed by atoms with Crippen LogP contribution in [0.5, 0.6) is 0 Å². The molecule has 0 saturated heterocycles. The van der Waals surface area contributed by atoms with Crippen LogP contribution in [-0.2, 0) is 14.8 Å². The predicted molar refractivity (Wildman–Crippen MR) is 105 cm³/mol. The van der Waals surface area contributed by atoms with Crippen LogP contribution in [0.15, 0.2) is 59.5 Å². The van der Waals surface area contributed by atoms with Crippen molar-refractivity contribution in [2.24, 2.45) is 0 Å². The molecule has 0 heterocycles. The van der Waals surface area contributed by atoms with E-state index in [9.17, 15) is 13.2 Å². The molecule has 2 rings (SSSR count). The van der Waals surface area contributed by atoms with E-state index in [0.717, 1.165) is 11.3 Å². The summed E-state index contributed by atoms with van der Waals surface area (Å²) >= 11 is 0. The molecule has 5 nitrogen and oxygen atoms in total. The first-order valence-electron chi connectivity index (χ1n) is 8.72. The van der Waals surface area contributed by atoms with E-state index in [2.05, 4.69) is 19.2 Å². The Bertz CT molecular complexity index is 833. The van der Waals surface area contributed by atoms with Crippen molar-refractivity contribution in [3.8, 4) is 0 Å². The van der Waals surface area contributed by atoms with Crippen molar-refractivity contribution in [2.75, 3.05) is 18.9 Å². The zero-order valence-corrected chi connectivity index (χ0v) is 16.3. The minimum absolute atomic E-state index is 0.108. The van der Waals surface area contributed by atoms with Crippen molar-refractivity contribution >= 4 is 21.6 Å². The second-order valence-corrected chi connectivity index (χ2v) is 8.58. The van der Waals surface area contributed by atoms with Gasteiger partial charge in [0, 0.05) is 25.7 Å². The van der Waals surface area contributed by atoms with E-state index in [1.807, 2.05) is 24.3 Å². The van der Waals surface area contributed by atoms with Gasteiger partial charge < -0.3 is 5.32 Å². The quantitative estimate of drug-likeness (QED) is 0.763. The van der Waals surface area contributed by atoms with Crippen LogP contribution >= 0.6 is 0 Å². The van der Waals surface area contributed by atoms with Gasteiger partial charge in [-0.15, -0.1) is 0 Å². The summed E-state index contributed by atoms with van der Waals surface area (Å²) in [5.41, 5.74) is 1.90. The highest BCUT2D eigenvalue weighted by Crippen LogP contribution is 2.23. The number of nitrogens with zero attached hydrogens (tertiary/aromatic N) is 1. The average molecular weight is 375 g/mol. The summed E-state index contributed by atoms with van der Waals surface area (Å²) in [6.45, 7) is 4.44. The number of rotatable bonds is 8. The molecule has 1 N–H and O–H groups in total. The maximum Gasteiger partial charge on any atom is 0.242 e. The van der Waals surface area contributed by atoms with Crippen LogP contribution in [0.2, 0.25) is 0 Å². The van der Waals surface area contributed by atoms with Gasteiger partial charge in [0.1, 0.15) is 0 Å². The van der Waals surface area contributed by atoms with E-state index >= 15 is 0 Å². The van der Waals surface area contributed by atoms with Gasteiger partial charge in [-0.1, -0.05) is 50.2 Å². The summed E-state index contributed by atoms with van der Waals surface area (Å²) in [7, 11) is -1.98. The Morgan fingerprint density at radius 1 is 1.04 bits per heavy atom. The summed E-state index contributed by atoms with van der Waals surface area (Å²) in [6.07, 6.45) is 0.722. The first kappa shape index (κ1) is 20.1. The molecule has 0 unspecified atom stereocenters. The summed E-state index contributed by atoms with van der Waals surface area (Å²) in [5.74, 6) is 0.206. The first-order chi connectivity index (χ1) is 12.3. The molecule has 0 aliphatic heterocycles. The number of hydrogen-bond acceptors (Lipinski definition) is 3. The largest absolute Gasteiger partial charge is 0.326 e. The van der Waals surface area contributed by atoms with Crippen molar-refractivity contribution in [1.29, 1.82) is 0 Å². The smallest absolute Gasteiger partial charge is 0.242 e. The van der Waals surface area contributed by atoms with E-state index in [1.54, 1.807) is 30.3 Å². The number of nitrogens with one attached hydrogen (secondary N) is 1. The fourth-order valence-corrected chi connectivity index (χ4v) is 3.91. The van der Waals surface area contributed by atoms with Crippen molar-refractivity contribution in [3.05, 3.63) is 60.2 Å². The number of benzene rings is 2. The van der Waals surface area contributed by atoms with Crippen molar-refractivity contribution in [1.82, 2.24) is 4.31 Å². The highest BCUT2D eigenvalue weighted by molar-refractivity contribution is 7.89. The molecule has 0 radical (unpaired) electrons. The lowest BCUT2D eigenvalue weighted by molar-refractivity contribution is -0.116. The molecule has 0 atom stereocenters. The zero-order valence-electron chi connectivity index (χ0n) is 15.5. The van der Waals surface area contributed by atoms with Crippen LogP contribution in [0.4, 0.5) is 5.69 Å². The topological polar surface area (TPSA) is 66.5 Å². The van der Waals surface area contributed by atoms with Gasteiger partial charge in [-0.2, -0.15) is 0 Å². The molecular formula is C20H26N2O3S. The minimum Gasteiger partial charge on any atom is -0.326 e. The van der Waals surface area contributed by atoms with Crippen LogP contribution in [0.1, 0.15) is 38.2 Å². The molecule has 0 fully saturated rings. The molecule has 0 aromatic heterocycles. The molecule has 0 bridgehead atoms. The first-order valence-corrected chi connectivity index (χ1v) is 10.2. The minimum atomic E-state index is -3.51. The molecule has 2 aromatic rings. The summed E-state index contributed by atoms with van der Waals surface area (Å²) in [4.78, 5) is 12.5. The normalized spacial score (nSPS) is 11.7. The third-order valence-corrected chi connectivity index (χ3v) is 6.06. The van der Waals surface area contributed by atoms with Crippen LogP contribution in [0, 0.1) is 0 Å². The maximum atomic E-state index is 12.4. The molecule has 6 heteroatoms. The third kappa shape index (κ3) is 5.16. The van der Waals surface area contributed by atoms with Gasteiger partial charge in [0.05, 0.1) is 4.90 Å². The average Bonchev–Trinajstić information content (AvgIpc) is 2.62. The number of anilines is 1. The van der Waals surface area contributed by atoms with Crippen molar-refractivity contribution in [2.45, 2.75) is 37.5 Å². The van der Waals surface area contributed by atoms with Gasteiger partial charge in [-0.3, -0.25) is 4.79 Å². The van der Waals surface area contributed by atoms with Crippen LogP contribution < -0.4 is 5.32 Å². The van der Waals surface area contributed by atoms with Gasteiger partial charge in [-0.25, -0.2) is 12.7 Å². The van der Waals surface area contributed by atoms with Gasteiger partial charge in [-0.05, 0) is 36.1 Å². The number of carbonyl (C=O) groups excluding carboxylic acids is 1. The maximum absolute atomic E-state index is 12.4. The molecule has 1 amide bonds.